The van der Waals surface area contributed by atoms with Gasteiger partial charge < -0.3 is 10.6 Å². The highest BCUT2D eigenvalue weighted by atomic mass is 16.1. The number of carbonyl (C=O) groups is 1. The molecule has 1 aromatic rings. The molecule has 3 heteroatoms. The van der Waals surface area contributed by atoms with E-state index in [0.717, 1.165) is 12.1 Å². The molecule has 0 saturated heterocycles. The normalized spacial score (nSPS) is 18.6. The molecule has 0 bridgehead atoms. The first-order valence-electron chi connectivity index (χ1n) is 5.50. The average molecular weight is 216 g/mol. The first-order chi connectivity index (χ1) is 7.83. The fraction of sp³-hybridized carbons (Fsp3) is 0.308. The van der Waals surface area contributed by atoms with Crippen molar-refractivity contribution in [3.8, 4) is 0 Å². The summed E-state index contributed by atoms with van der Waals surface area (Å²) in [6.45, 7) is 5.67. The van der Waals surface area contributed by atoms with E-state index in [1.165, 1.54) is 5.56 Å². The summed E-state index contributed by atoms with van der Waals surface area (Å²) in [5, 5.41) is 6.11. The molecule has 1 atom stereocenters. The van der Waals surface area contributed by atoms with Crippen LogP contribution in [0, 0.1) is 0 Å². The lowest BCUT2D eigenvalue weighted by Gasteiger charge is -2.25. The minimum Gasteiger partial charge on any atom is -0.352 e. The first-order valence-corrected chi connectivity index (χ1v) is 5.50. The van der Waals surface area contributed by atoms with E-state index in [0.29, 0.717) is 13.1 Å². The lowest BCUT2D eigenvalue weighted by molar-refractivity contribution is -0.122. The van der Waals surface area contributed by atoms with E-state index in [4.69, 9.17) is 0 Å². The largest absolute Gasteiger partial charge is 0.352 e. The number of fused-ring (bicyclic) bond motifs is 1. The van der Waals surface area contributed by atoms with Gasteiger partial charge in [0.2, 0.25) is 5.91 Å². The number of carbonyl (C=O) groups excluding carboxylic acids is 1. The number of amides is 1. The van der Waals surface area contributed by atoms with E-state index in [9.17, 15) is 4.79 Å². The summed E-state index contributed by atoms with van der Waals surface area (Å²) in [5.41, 5.74) is 2.36. The standard InChI is InChI=1S/C13H16N2O/c1-2-7-15-13(16)12-9-14-8-10-5-3-4-6-11(10)12/h2-6,12,14H,1,7-9H2,(H,15,16). The molecule has 0 saturated carbocycles. The summed E-state index contributed by atoms with van der Waals surface area (Å²) in [6, 6.07) is 8.09. The molecule has 3 nitrogen and oxygen atoms in total. The van der Waals surface area contributed by atoms with Crippen LogP contribution < -0.4 is 10.6 Å². The molecule has 84 valence electrons. The minimum atomic E-state index is -0.0788. The van der Waals surface area contributed by atoms with Crippen molar-refractivity contribution in [1.29, 1.82) is 0 Å². The van der Waals surface area contributed by atoms with Crippen molar-refractivity contribution in [3.05, 3.63) is 48.0 Å². The summed E-state index contributed by atoms with van der Waals surface area (Å²) in [6.07, 6.45) is 1.69. The van der Waals surface area contributed by atoms with Gasteiger partial charge in [-0.15, -0.1) is 6.58 Å². The van der Waals surface area contributed by atoms with Gasteiger partial charge in [0.1, 0.15) is 0 Å². The predicted molar refractivity (Wildman–Crippen MR) is 64.1 cm³/mol. The molecular weight excluding hydrogens is 200 g/mol. The van der Waals surface area contributed by atoms with Gasteiger partial charge in [-0.1, -0.05) is 30.3 Å². The third-order valence-electron chi connectivity index (χ3n) is 2.83. The second-order valence-electron chi connectivity index (χ2n) is 3.92. The summed E-state index contributed by atoms with van der Waals surface area (Å²) in [4.78, 5) is 11.9. The molecule has 0 aliphatic carbocycles. The number of rotatable bonds is 3. The van der Waals surface area contributed by atoms with Crippen LogP contribution in [0.5, 0.6) is 0 Å². The number of nitrogens with one attached hydrogen (secondary N) is 2. The molecule has 1 aliphatic rings. The average Bonchev–Trinajstić information content (AvgIpc) is 2.35. The Morgan fingerprint density at radius 2 is 2.38 bits per heavy atom. The molecule has 0 fully saturated rings. The molecule has 1 unspecified atom stereocenters. The minimum absolute atomic E-state index is 0.0690. The number of hydrogen-bond donors (Lipinski definition) is 2. The summed E-state index contributed by atoms with van der Waals surface area (Å²) in [5.74, 6) is -0.00977. The zero-order valence-electron chi connectivity index (χ0n) is 9.20. The van der Waals surface area contributed by atoms with Crippen molar-refractivity contribution >= 4 is 5.91 Å². The fourth-order valence-electron chi connectivity index (χ4n) is 2.03. The van der Waals surface area contributed by atoms with Gasteiger partial charge in [-0.05, 0) is 11.1 Å². The number of hydrogen-bond acceptors (Lipinski definition) is 2. The van der Waals surface area contributed by atoms with Crippen molar-refractivity contribution in [2.75, 3.05) is 13.1 Å². The first kappa shape index (κ1) is 10.9. The Morgan fingerprint density at radius 3 is 3.19 bits per heavy atom. The van der Waals surface area contributed by atoms with Crippen LogP contribution in [-0.2, 0) is 11.3 Å². The van der Waals surface area contributed by atoms with E-state index in [-0.39, 0.29) is 11.8 Å². The predicted octanol–water partition coefficient (Wildman–Crippen LogP) is 1.18. The van der Waals surface area contributed by atoms with Crippen LogP contribution in [0.15, 0.2) is 36.9 Å². The Hall–Kier alpha value is -1.61. The lowest BCUT2D eigenvalue weighted by atomic mass is 9.90. The fourth-order valence-corrected chi connectivity index (χ4v) is 2.03. The zero-order valence-corrected chi connectivity index (χ0v) is 9.20. The van der Waals surface area contributed by atoms with Gasteiger partial charge in [0, 0.05) is 19.6 Å². The third kappa shape index (κ3) is 2.14. The van der Waals surface area contributed by atoms with Gasteiger partial charge in [-0.2, -0.15) is 0 Å². The SMILES string of the molecule is C=CCNC(=O)C1CNCc2ccccc21. The third-order valence-corrected chi connectivity index (χ3v) is 2.83. The van der Waals surface area contributed by atoms with Crippen LogP contribution in [0.2, 0.25) is 0 Å². The van der Waals surface area contributed by atoms with Crippen LogP contribution in [0.3, 0.4) is 0 Å². The van der Waals surface area contributed by atoms with Gasteiger partial charge in [0.25, 0.3) is 0 Å². The zero-order chi connectivity index (χ0) is 11.4. The quantitative estimate of drug-likeness (QED) is 0.745. The van der Waals surface area contributed by atoms with E-state index in [1.54, 1.807) is 6.08 Å². The molecule has 1 aliphatic heterocycles. The highest BCUT2D eigenvalue weighted by Gasteiger charge is 2.25. The molecule has 2 N–H and O–H groups in total. The molecule has 0 spiro atoms. The maximum Gasteiger partial charge on any atom is 0.229 e. The topological polar surface area (TPSA) is 41.1 Å². The van der Waals surface area contributed by atoms with Gasteiger partial charge in [0.05, 0.1) is 5.92 Å². The van der Waals surface area contributed by atoms with Gasteiger partial charge >= 0.3 is 0 Å². The molecule has 1 amide bonds. The Bertz CT molecular complexity index is 401. The number of benzene rings is 1. The van der Waals surface area contributed by atoms with Gasteiger partial charge in [0.15, 0.2) is 0 Å². The maximum atomic E-state index is 11.9. The van der Waals surface area contributed by atoms with Crippen LogP contribution in [-0.4, -0.2) is 19.0 Å². The van der Waals surface area contributed by atoms with Crippen LogP contribution in [0.4, 0.5) is 0 Å². The highest BCUT2D eigenvalue weighted by molar-refractivity contribution is 5.84. The smallest absolute Gasteiger partial charge is 0.229 e. The molecule has 1 aromatic carbocycles. The van der Waals surface area contributed by atoms with E-state index in [1.807, 2.05) is 18.2 Å². The van der Waals surface area contributed by atoms with Crippen molar-refractivity contribution in [2.24, 2.45) is 0 Å². The Labute approximate surface area is 95.6 Å². The van der Waals surface area contributed by atoms with Crippen LogP contribution in [0.1, 0.15) is 17.0 Å². The van der Waals surface area contributed by atoms with Crippen molar-refractivity contribution in [3.63, 3.8) is 0 Å². The Morgan fingerprint density at radius 1 is 1.56 bits per heavy atom. The van der Waals surface area contributed by atoms with Gasteiger partial charge in [-0.3, -0.25) is 4.79 Å². The second-order valence-corrected chi connectivity index (χ2v) is 3.92. The maximum absolute atomic E-state index is 11.9. The highest BCUT2D eigenvalue weighted by Crippen LogP contribution is 2.23. The van der Waals surface area contributed by atoms with Crippen LogP contribution in [0.25, 0.3) is 0 Å². The van der Waals surface area contributed by atoms with E-state index < -0.39 is 0 Å². The lowest BCUT2D eigenvalue weighted by Crippen LogP contribution is -2.38. The summed E-state index contributed by atoms with van der Waals surface area (Å²) in [7, 11) is 0. The second kappa shape index (κ2) is 4.94. The Balaban J connectivity index is 2.18. The molecule has 0 radical (unpaired) electrons. The van der Waals surface area contributed by atoms with Gasteiger partial charge in [-0.25, -0.2) is 0 Å². The van der Waals surface area contributed by atoms with Crippen molar-refractivity contribution in [1.82, 2.24) is 10.6 Å². The van der Waals surface area contributed by atoms with E-state index in [2.05, 4.69) is 23.3 Å². The van der Waals surface area contributed by atoms with Crippen molar-refractivity contribution < 1.29 is 4.79 Å². The molecule has 16 heavy (non-hydrogen) atoms. The molecule has 1 heterocycles. The summed E-state index contributed by atoms with van der Waals surface area (Å²) >= 11 is 0. The molecule has 0 aromatic heterocycles. The van der Waals surface area contributed by atoms with E-state index >= 15 is 0 Å². The van der Waals surface area contributed by atoms with Crippen molar-refractivity contribution in [2.45, 2.75) is 12.5 Å². The molecule has 2 rings (SSSR count). The Kier molecular flexibility index (Phi) is 3.37. The molecular formula is C13H16N2O. The summed E-state index contributed by atoms with van der Waals surface area (Å²) < 4.78 is 0. The monoisotopic (exact) mass is 216 g/mol. The van der Waals surface area contributed by atoms with Crippen LogP contribution >= 0.6 is 0 Å².